The first kappa shape index (κ1) is 7.79. The van der Waals surface area contributed by atoms with Gasteiger partial charge in [-0.2, -0.15) is 0 Å². The predicted octanol–water partition coefficient (Wildman–Crippen LogP) is 1.38. The third kappa shape index (κ3) is 1.07. The molecule has 13 heavy (non-hydrogen) atoms. The first-order valence-electron chi connectivity index (χ1n) is 3.76. The summed E-state index contributed by atoms with van der Waals surface area (Å²) >= 11 is 0. The molecule has 1 aliphatic heterocycles. The molecule has 0 spiro atoms. The lowest BCUT2D eigenvalue weighted by Gasteiger charge is -1.99. The van der Waals surface area contributed by atoms with E-state index in [1.54, 1.807) is 25.3 Å². The van der Waals surface area contributed by atoms with Crippen molar-refractivity contribution < 1.29 is 9.47 Å². The highest BCUT2D eigenvalue weighted by atomic mass is 16.5. The zero-order valence-corrected chi connectivity index (χ0v) is 7.05. The van der Waals surface area contributed by atoms with Crippen LogP contribution in [0.1, 0.15) is 11.1 Å². The summed E-state index contributed by atoms with van der Waals surface area (Å²) in [6.07, 6.45) is 0. The topological polar surface area (TPSA) is 66.2 Å². The monoisotopic (exact) mass is 176 g/mol. The molecule has 1 aromatic carbocycles. The second-order valence-electron chi connectivity index (χ2n) is 2.67. The molecular weight excluding hydrogens is 168 g/mol. The Balaban J connectivity index is 2.58. The maximum absolute atomic E-state index is 7.41. The van der Waals surface area contributed by atoms with Crippen molar-refractivity contribution in [2.45, 2.75) is 0 Å². The predicted molar refractivity (Wildman–Crippen MR) is 47.7 cm³/mol. The summed E-state index contributed by atoms with van der Waals surface area (Å²) < 4.78 is 9.84. The molecular formula is C9H8N2O2. The van der Waals surface area contributed by atoms with E-state index in [0.29, 0.717) is 16.9 Å². The third-order valence-electron chi connectivity index (χ3n) is 1.92. The Hall–Kier alpha value is -1.84. The molecule has 0 saturated heterocycles. The van der Waals surface area contributed by atoms with E-state index in [-0.39, 0.29) is 11.8 Å². The van der Waals surface area contributed by atoms with E-state index in [0.717, 1.165) is 0 Å². The zero-order chi connectivity index (χ0) is 9.42. The average molecular weight is 176 g/mol. The van der Waals surface area contributed by atoms with Gasteiger partial charge in [-0.1, -0.05) is 0 Å². The molecule has 1 aliphatic rings. The van der Waals surface area contributed by atoms with E-state index in [1.165, 1.54) is 0 Å². The van der Waals surface area contributed by atoms with Crippen LogP contribution in [-0.4, -0.2) is 18.9 Å². The van der Waals surface area contributed by atoms with E-state index in [4.69, 9.17) is 20.3 Å². The maximum Gasteiger partial charge on any atom is 0.222 e. The van der Waals surface area contributed by atoms with Gasteiger partial charge in [0.1, 0.15) is 5.75 Å². The van der Waals surface area contributed by atoms with E-state index in [2.05, 4.69) is 0 Å². The standard InChI is InChI=1S/C9H8N2O2/c1-12-5-2-3-6-7(4-5)9(11)13-8(6)10/h2-4,10-11H,1H3. The summed E-state index contributed by atoms with van der Waals surface area (Å²) in [5.41, 5.74) is 1.26. The summed E-state index contributed by atoms with van der Waals surface area (Å²) in [4.78, 5) is 0. The molecule has 0 aliphatic carbocycles. The molecule has 1 heterocycles. The average Bonchev–Trinajstić information content (AvgIpc) is 2.42. The summed E-state index contributed by atoms with van der Waals surface area (Å²) in [5.74, 6) is 0.711. The van der Waals surface area contributed by atoms with E-state index in [1.807, 2.05) is 0 Å². The highest BCUT2D eigenvalue weighted by Crippen LogP contribution is 2.24. The van der Waals surface area contributed by atoms with Gasteiger partial charge in [-0.3, -0.25) is 10.8 Å². The molecule has 0 saturated carbocycles. The van der Waals surface area contributed by atoms with Crippen LogP contribution in [0, 0.1) is 10.8 Å². The number of hydrogen-bond acceptors (Lipinski definition) is 4. The molecule has 2 rings (SSSR count). The van der Waals surface area contributed by atoms with Gasteiger partial charge in [0.05, 0.1) is 12.7 Å². The van der Waals surface area contributed by atoms with Crippen molar-refractivity contribution in [3.05, 3.63) is 29.3 Å². The minimum Gasteiger partial charge on any atom is -0.497 e. The van der Waals surface area contributed by atoms with Crippen LogP contribution in [-0.2, 0) is 4.74 Å². The number of benzene rings is 1. The van der Waals surface area contributed by atoms with Crippen molar-refractivity contribution in [2.24, 2.45) is 0 Å². The molecule has 2 N–H and O–H groups in total. The van der Waals surface area contributed by atoms with Crippen molar-refractivity contribution in [3.63, 3.8) is 0 Å². The van der Waals surface area contributed by atoms with Crippen LogP contribution in [0.15, 0.2) is 18.2 Å². The van der Waals surface area contributed by atoms with Gasteiger partial charge in [0, 0.05) is 5.56 Å². The third-order valence-corrected chi connectivity index (χ3v) is 1.92. The lowest BCUT2D eigenvalue weighted by molar-refractivity contribution is 0.414. The first-order valence-corrected chi connectivity index (χ1v) is 3.76. The van der Waals surface area contributed by atoms with E-state index in [9.17, 15) is 0 Å². The van der Waals surface area contributed by atoms with Crippen molar-refractivity contribution in [3.8, 4) is 5.75 Å². The Bertz CT molecular complexity index is 399. The second-order valence-corrected chi connectivity index (χ2v) is 2.67. The van der Waals surface area contributed by atoms with Crippen LogP contribution in [0.2, 0.25) is 0 Å². The summed E-state index contributed by atoms with van der Waals surface area (Å²) in [5, 5.41) is 14.8. The van der Waals surface area contributed by atoms with Gasteiger partial charge in [0.25, 0.3) is 0 Å². The fourth-order valence-corrected chi connectivity index (χ4v) is 1.25. The van der Waals surface area contributed by atoms with Gasteiger partial charge in [0.15, 0.2) is 0 Å². The van der Waals surface area contributed by atoms with Crippen LogP contribution in [0.5, 0.6) is 5.75 Å². The number of ether oxygens (including phenoxy) is 2. The summed E-state index contributed by atoms with van der Waals surface area (Å²) in [6, 6.07) is 5.16. The second kappa shape index (κ2) is 2.58. The minimum atomic E-state index is 0.0129. The Kier molecular flexibility index (Phi) is 1.55. The fourth-order valence-electron chi connectivity index (χ4n) is 1.25. The normalized spacial score (nSPS) is 13.9. The molecule has 0 bridgehead atoms. The quantitative estimate of drug-likeness (QED) is 0.678. The molecule has 0 aromatic heterocycles. The molecule has 4 heteroatoms. The number of fused-ring (bicyclic) bond motifs is 1. The largest absolute Gasteiger partial charge is 0.497 e. The van der Waals surface area contributed by atoms with Crippen LogP contribution in [0.25, 0.3) is 0 Å². The Labute approximate surface area is 75.1 Å². The molecule has 4 nitrogen and oxygen atoms in total. The van der Waals surface area contributed by atoms with Gasteiger partial charge in [-0.15, -0.1) is 0 Å². The zero-order valence-electron chi connectivity index (χ0n) is 7.05. The molecule has 66 valence electrons. The van der Waals surface area contributed by atoms with Crippen molar-refractivity contribution in [1.82, 2.24) is 0 Å². The van der Waals surface area contributed by atoms with Crippen molar-refractivity contribution >= 4 is 11.8 Å². The number of methoxy groups -OCH3 is 1. The highest BCUT2D eigenvalue weighted by Gasteiger charge is 2.23. The van der Waals surface area contributed by atoms with Gasteiger partial charge >= 0.3 is 0 Å². The van der Waals surface area contributed by atoms with Gasteiger partial charge in [-0.05, 0) is 18.2 Å². The highest BCUT2D eigenvalue weighted by molar-refractivity contribution is 6.16. The van der Waals surface area contributed by atoms with Crippen molar-refractivity contribution in [2.75, 3.05) is 7.11 Å². The van der Waals surface area contributed by atoms with Gasteiger partial charge in [-0.25, -0.2) is 0 Å². The Morgan fingerprint density at radius 2 is 1.85 bits per heavy atom. The number of hydrogen-bond donors (Lipinski definition) is 2. The van der Waals surface area contributed by atoms with Gasteiger partial charge < -0.3 is 9.47 Å². The molecule has 0 fully saturated rings. The van der Waals surface area contributed by atoms with Crippen molar-refractivity contribution in [1.29, 1.82) is 10.8 Å². The summed E-state index contributed by atoms with van der Waals surface area (Å²) in [7, 11) is 1.56. The Morgan fingerprint density at radius 1 is 1.15 bits per heavy atom. The molecule has 1 aromatic rings. The van der Waals surface area contributed by atoms with E-state index >= 15 is 0 Å². The van der Waals surface area contributed by atoms with Crippen LogP contribution in [0.3, 0.4) is 0 Å². The van der Waals surface area contributed by atoms with Gasteiger partial charge in [0.2, 0.25) is 11.8 Å². The lowest BCUT2D eigenvalue weighted by Crippen LogP contribution is -1.97. The summed E-state index contributed by atoms with van der Waals surface area (Å²) in [6.45, 7) is 0. The number of rotatable bonds is 1. The molecule has 0 unspecified atom stereocenters. The van der Waals surface area contributed by atoms with E-state index < -0.39 is 0 Å². The maximum atomic E-state index is 7.41. The fraction of sp³-hybridized carbons (Fsp3) is 0.111. The first-order chi connectivity index (χ1) is 6.22. The molecule has 0 radical (unpaired) electrons. The minimum absolute atomic E-state index is 0.0129. The molecule has 0 amide bonds. The smallest absolute Gasteiger partial charge is 0.222 e. The molecule has 0 atom stereocenters. The lowest BCUT2D eigenvalue weighted by atomic mass is 10.1. The Morgan fingerprint density at radius 3 is 2.54 bits per heavy atom. The van der Waals surface area contributed by atoms with Crippen LogP contribution < -0.4 is 4.74 Å². The van der Waals surface area contributed by atoms with Crippen LogP contribution >= 0.6 is 0 Å². The SMILES string of the molecule is COc1ccc2c(c1)C(=N)OC2=N. The number of nitrogens with one attached hydrogen (secondary N) is 2. The van der Waals surface area contributed by atoms with Crippen LogP contribution in [0.4, 0.5) is 0 Å².